The minimum absolute atomic E-state index is 0.0143. The second-order valence-electron chi connectivity index (χ2n) is 15.4. The van der Waals surface area contributed by atoms with E-state index in [1.807, 2.05) is 31.2 Å². The molecule has 0 fully saturated rings. The van der Waals surface area contributed by atoms with Crippen LogP contribution in [0.15, 0.2) is 119 Å². The molecule has 7 aromatic rings. The molecular formula is C48H46F2N12O6. The van der Waals surface area contributed by atoms with Gasteiger partial charge in [-0.3, -0.25) is 19.2 Å². The number of aromatic nitrogens is 6. The molecular weight excluding hydrogens is 879 g/mol. The summed E-state index contributed by atoms with van der Waals surface area (Å²) in [7, 11) is 0. The van der Waals surface area contributed by atoms with E-state index in [-0.39, 0.29) is 65.4 Å². The van der Waals surface area contributed by atoms with Gasteiger partial charge in [-0.1, -0.05) is 83.1 Å². The van der Waals surface area contributed by atoms with E-state index in [0.29, 0.717) is 28.4 Å². The van der Waals surface area contributed by atoms with Crippen LogP contribution in [0.3, 0.4) is 0 Å². The number of oxime groups is 1. The number of nitrogens with two attached hydrogens (primary N) is 1. The number of benzene rings is 4. The van der Waals surface area contributed by atoms with Gasteiger partial charge < -0.3 is 36.7 Å². The Morgan fingerprint density at radius 3 is 1.46 bits per heavy atom. The predicted molar refractivity (Wildman–Crippen MR) is 244 cm³/mol. The normalized spacial score (nSPS) is 11.9. The fourth-order valence-corrected chi connectivity index (χ4v) is 6.44. The molecule has 0 aliphatic carbocycles. The molecule has 20 heteroatoms. The van der Waals surface area contributed by atoms with Gasteiger partial charge in [0, 0.05) is 43.3 Å². The Balaban J connectivity index is 0.000000224. The first-order chi connectivity index (χ1) is 32.6. The average molecular weight is 925 g/mol. The number of nitrogens with one attached hydrogen (secondary N) is 4. The van der Waals surface area contributed by atoms with E-state index >= 15 is 0 Å². The van der Waals surface area contributed by atoms with Crippen molar-refractivity contribution < 1.29 is 37.7 Å². The Bertz CT molecular complexity index is 2970. The van der Waals surface area contributed by atoms with E-state index in [9.17, 15) is 28.0 Å². The highest BCUT2D eigenvalue weighted by Gasteiger charge is 2.19. The average Bonchev–Trinajstić information content (AvgIpc) is 3.80. The van der Waals surface area contributed by atoms with E-state index in [4.69, 9.17) is 15.5 Å². The molecule has 7 N–H and O–H groups in total. The Hall–Kier alpha value is -8.81. The third-order valence-electron chi connectivity index (χ3n) is 10.3. The molecule has 348 valence electrons. The Morgan fingerprint density at radius 2 is 1.06 bits per heavy atom. The topological polar surface area (TPSA) is 265 Å². The van der Waals surface area contributed by atoms with Gasteiger partial charge in [-0.05, 0) is 73.2 Å². The molecule has 3 aromatic heterocycles. The van der Waals surface area contributed by atoms with Gasteiger partial charge in [-0.25, -0.2) is 28.7 Å². The molecule has 3 heterocycles. The number of rotatable bonds is 14. The monoisotopic (exact) mass is 924 g/mol. The van der Waals surface area contributed by atoms with Crippen molar-refractivity contribution in [3.8, 4) is 11.4 Å². The molecule has 0 spiro atoms. The summed E-state index contributed by atoms with van der Waals surface area (Å²) in [6.45, 7) is 9.02. The number of amides is 4. The van der Waals surface area contributed by atoms with Crippen LogP contribution in [0.1, 0.15) is 113 Å². The molecule has 2 atom stereocenters. The third-order valence-corrected chi connectivity index (χ3v) is 10.3. The Labute approximate surface area is 388 Å². The summed E-state index contributed by atoms with van der Waals surface area (Å²) < 4.78 is 31.8. The zero-order valence-corrected chi connectivity index (χ0v) is 37.4. The van der Waals surface area contributed by atoms with Crippen LogP contribution in [0.25, 0.3) is 11.4 Å². The minimum Gasteiger partial charge on any atom is -0.409 e. The van der Waals surface area contributed by atoms with E-state index in [1.54, 1.807) is 76.2 Å². The van der Waals surface area contributed by atoms with Gasteiger partial charge in [-0.15, -0.1) is 0 Å². The van der Waals surface area contributed by atoms with Crippen LogP contribution >= 0.6 is 0 Å². The maximum atomic E-state index is 13.4. The van der Waals surface area contributed by atoms with Crippen molar-refractivity contribution in [1.82, 2.24) is 51.3 Å². The first-order valence-corrected chi connectivity index (χ1v) is 20.9. The molecule has 0 saturated carbocycles. The van der Waals surface area contributed by atoms with Crippen LogP contribution in [-0.2, 0) is 13.1 Å². The Morgan fingerprint density at radius 1 is 0.632 bits per heavy atom. The van der Waals surface area contributed by atoms with Crippen LogP contribution in [0.2, 0.25) is 0 Å². The number of amidine groups is 1. The minimum atomic E-state index is -0.486. The summed E-state index contributed by atoms with van der Waals surface area (Å²) in [5.41, 5.74) is 11.2. The number of carbonyl (C=O) groups is 4. The summed E-state index contributed by atoms with van der Waals surface area (Å²) in [6, 6.07) is 25.4. The fourth-order valence-electron chi connectivity index (χ4n) is 6.44. The molecule has 0 bridgehead atoms. The summed E-state index contributed by atoms with van der Waals surface area (Å²) in [6.07, 6.45) is 2.31. The molecule has 0 unspecified atom stereocenters. The van der Waals surface area contributed by atoms with Crippen LogP contribution in [-0.4, -0.2) is 64.7 Å². The van der Waals surface area contributed by atoms with Crippen molar-refractivity contribution in [3.63, 3.8) is 0 Å². The lowest BCUT2D eigenvalue weighted by Crippen LogP contribution is -2.29. The van der Waals surface area contributed by atoms with Gasteiger partial charge in [0.1, 0.15) is 47.1 Å². The van der Waals surface area contributed by atoms with Gasteiger partial charge in [0.25, 0.3) is 23.6 Å². The van der Waals surface area contributed by atoms with Gasteiger partial charge in [0.2, 0.25) is 11.7 Å². The highest BCUT2D eigenvalue weighted by Crippen LogP contribution is 2.21. The lowest BCUT2D eigenvalue weighted by atomic mass is 10.1. The number of halogens is 2. The quantitative estimate of drug-likeness (QED) is 0.0310. The van der Waals surface area contributed by atoms with Gasteiger partial charge >= 0.3 is 0 Å². The molecule has 4 aromatic carbocycles. The molecule has 0 saturated heterocycles. The van der Waals surface area contributed by atoms with Crippen molar-refractivity contribution in [2.24, 2.45) is 10.9 Å². The van der Waals surface area contributed by atoms with Crippen molar-refractivity contribution in [3.05, 3.63) is 189 Å². The highest BCUT2D eigenvalue weighted by molar-refractivity contribution is 5.98. The van der Waals surface area contributed by atoms with Crippen molar-refractivity contribution >= 4 is 29.5 Å². The lowest BCUT2D eigenvalue weighted by molar-refractivity contribution is 0.0921. The maximum Gasteiger partial charge on any atom is 0.270 e. The molecule has 0 aliphatic heterocycles. The first-order valence-electron chi connectivity index (χ1n) is 20.9. The van der Waals surface area contributed by atoms with Gasteiger partial charge in [-0.2, -0.15) is 4.98 Å². The number of nitrogens with zero attached hydrogens (tertiary/aromatic N) is 7. The second kappa shape index (κ2) is 22.4. The van der Waals surface area contributed by atoms with Crippen LogP contribution in [0.5, 0.6) is 0 Å². The molecule has 0 radical (unpaired) electrons. The SMILES string of the molecule is Cc1cc(CNC(=O)c2cc(C(=O)N[C@@H](C)c3ccc(/C(N)=N/O)cc3)ncn2)ccc1F.Cc1nc(-c2ccc([C@H](C)NC(=O)c3cc(C(=O)NCc4ccc(F)c(C)c4)ncn3)cc2)no1. The van der Waals surface area contributed by atoms with E-state index in [2.05, 4.69) is 56.5 Å². The lowest BCUT2D eigenvalue weighted by Gasteiger charge is -2.14. The summed E-state index contributed by atoms with van der Waals surface area (Å²) >= 11 is 0. The van der Waals surface area contributed by atoms with Crippen LogP contribution in [0, 0.1) is 32.4 Å². The zero-order chi connectivity index (χ0) is 48.9. The third kappa shape index (κ3) is 12.9. The largest absolute Gasteiger partial charge is 0.409 e. The van der Waals surface area contributed by atoms with Crippen LogP contribution in [0.4, 0.5) is 8.78 Å². The van der Waals surface area contributed by atoms with Crippen molar-refractivity contribution in [2.45, 2.75) is 59.8 Å². The van der Waals surface area contributed by atoms with Gasteiger partial charge in [0.15, 0.2) is 5.84 Å². The number of carbonyl (C=O) groups excluding carboxylic acids is 4. The molecule has 18 nitrogen and oxygen atoms in total. The second-order valence-corrected chi connectivity index (χ2v) is 15.4. The van der Waals surface area contributed by atoms with Crippen molar-refractivity contribution in [1.29, 1.82) is 0 Å². The van der Waals surface area contributed by atoms with E-state index < -0.39 is 23.6 Å². The molecule has 0 aliphatic rings. The predicted octanol–water partition coefficient (Wildman–Crippen LogP) is 6.14. The molecule has 4 amide bonds. The summed E-state index contributed by atoms with van der Waals surface area (Å²) in [5, 5.41) is 26.6. The van der Waals surface area contributed by atoms with E-state index in [1.165, 1.54) is 24.3 Å². The number of hydrogen-bond acceptors (Lipinski definition) is 13. The standard InChI is InChI=1S/C25H23FN6O3.C23H23FN6O3/c1-14-10-17(4-9-20(14)26)12-27-24(33)21-11-22(29-13-28-21)25(34)30-15(2)18-5-7-19(8-6-18)23-31-16(3)35-32-23;1-13-9-15(3-8-18(13)24)11-26-22(31)19-10-20(28-12-27-19)23(32)29-14(2)16-4-6-17(7-5-16)21(25)30-33/h4-11,13,15H,12H2,1-3H3,(H,27,33)(H,30,34);3-10,12,14,33H,11H2,1-2H3,(H2,25,30)(H,26,31)(H,29,32)/t15-;14-/m00/s1. The first kappa shape index (κ1) is 48.6. The smallest absolute Gasteiger partial charge is 0.270 e. The van der Waals surface area contributed by atoms with Crippen LogP contribution < -0.4 is 27.0 Å². The molecule has 7 rings (SSSR count). The summed E-state index contributed by atoms with van der Waals surface area (Å²) in [5.74, 6) is -1.54. The van der Waals surface area contributed by atoms with Crippen molar-refractivity contribution in [2.75, 3.05) is 0 Å². The number of aryl methyl sites for hydroxylation is 3. The maximum absolute atomic E-state index is 13.4. The highest BCUT2D eigenvalue weighted by atomic mass is 19.1. The Kier molecular flexibility index (Phi) is 16.0. The summed E-state index contributed by atoms with van der Waals surface area (Å²) in [4.78, 5) is 70.4. The number of hydrogen-bond donors (Lipinski definition) is 6. The molecule has 68 heavy (non-hydrogen) atoms. The van der Waals surface area contributed by atoms with Gasteiger partial charge in [0.05, 0.1) is 12.1 Å². The fraction of sp³-hybridized carbons (Fsp3) is 0.188. The zero-order valence-electron chi connectivity index (χ0n) is 37.4. The van der Waals surface area contributed by atoms with E-state index in [0.717, 1.165) is 40.5 Å².